The van der Waals surface area contributed by atoms with E-state index in [-0.39, 0.29) is 34.8 Å². The van der Waals surface area contributed by atoms with Gasteiger partial charge < -0.3 is 18.6 Å². The van der Waals surface area contributed by atoms with Crippen LogP contribution in [0.25, 0.3) is 16.7 Å². The van der Waals surface area contributed by atoms with E-state index in [1.165, 1.54) is 19.4 Å². The maximum atomic E-state index is 13.1. The highest BCUT2D eigenvalue weighted by Gasteiger charge is 2.24. The second-order valence-corrected chi connectivity index (χ2v) is 6.23. The largest absolute Gasteiger partial charge is 0.497 e. The Labute approximate surface area is 171 Å². The van der Waals surface area contributed by atoms with Crippen molar-refractivity contribution in [2.45, 2.75) is 6.92 Å². The first-order chi connectivity index (χ1) is 14.6. The van der Waals surface area contributed by atoms with Gasteiger partial charge in [-0.05, 0) is 31.2 Å². The van der Waals surface area contributed by atoms with Crippen LogP contribution >= 0.6 is 0 Å². The van der Waals surface area contributed by atoms with E-state index in [0.717, 1.165) is 5.69 Å². The minimum Gasteiger partial charge on any atom is -0.497 e. The number of hydrogen-bond acceptors (Lipinski definition) is 7. The van der Waals surface area contributed by atoms with Gasteiger partial charge in [0.1, 0.15) is 11.3 Å². The summed E-state index contributed by atoms with van der Waals surface area (Å²) in [5.41, 5.74) is 0.500. The zero-order valence-electron chi connectivity index (χ0n) is 16.3. The van der Waals surface area contributed by atoms with Gasteiger partial charge in [-0.1, -0.05) is 18.2 Å². The smallest absolute Gasteiger partial charge is 0.378 e. The Morgan fingerprint density at radius 3 is 2.67 bits per heavy atom. The van der Waals surface area contributed by atoms with Crippen molar-refractivity contribution in [3.05, 3.63) is 76.9 Å². The molecule has 2 aromatic heterocycles. The Bertz CT molecular complexity index is 1260. The van der Waals surface area contributed by atoms with E-state index in [1.54, 1.807) is 29.9 Å². The van der Waals surface area contributed by atoms with Gasteiger partial charge in [-0.2, -0.15) is 5.10 Å². The molecule has 2 aromatic carbocycles. The van der Waals surface area contributed by atoms with Gasteiger partial charge in [-0.3, -0.25) is 4.79 Å². The van der Waals surface area contributed by atoms with Crippen LogP contribution in [0.4, 0.5) is 0 Å². The molecule has 0 radical (unpaired) electrons. The summed E-state index contributed by atoms with van der Waals surface area (Å²) in [6.45, 7) is 1.77. The lowest BCUT2D eigenvalue weighted by Gasteiger charge is -2.10. The van der Waals surface area contributed by atoms with Crippen molar-refractivity contribution < 1.29 is 23.4 Å². The number of benzene rings is 2. The first-order valence-electron chi connectivity index (χ1n) is 9.20. The molecule has 0 aliphatic rings. The van der Waals surface area contributed by atoms with Gasteiger partial charge in [0.05, 0.1) is 37.2 Å². The molecule has 0 aliphatic carbocycles. The average Bonchev–Trinajstić information content (AvgIpc) is 3.24. The molecule has 4 rings (SSSR count). The van der Waals surface area contributed by atoms with Crippen LogP contribution < -0.4 is 14.9 Å². The number of carbonyl (C=O) groups excluding carboxylic acids is 1. The third-order valence-electron chi connectivity index (χ3n) is 4.32. The third-order valence-corrected chi connectivity index (χ3v) is 4.32. The van der Waals surface area contributed by atoms with E-state index in [4.69, 9.17) is 18.6 Å². The Morgan fingerprint density at radius 2 is 1.93 bits per heavy atom. The van der Waals surface area contributed by atoms with E-state index >= 15 is 0 Å². The van der Waals surface area contributed by atoms with Gasteiger partial charge in [-0.25, -0.2) is 9.48 Å². The molecule has 0 atom stereocenters. The van der Waals surface area contributed by atoms with Crippen LogP contribution in [0, 0.1) is 0 Å². The van der Waals surface area contributed by atoms with E-state index in [9.17, 15) is 9.59 Å². The zero-order valence-corrected chi connectivity index (χ0v) is 16.3. The lowest BCUT2D eigenvalue weighted by atomic mass is 10.2. The van der Waals surface area contributed by atoms with Crippen LogP contribution in [-0.2, 0) is 4.74 Å². The molecule has 0 unspecified atom stereocenters. The molecule has 8 nitrogen and oxygen atoms in total. The molecule has 0 amide bonds. The van der Waals surface area contributed by atoms with Gasteiger partial charge in [-0.15, -0.1) is 0 Å². The highest BCUT2D eigenvalue weighted by molar-refractivity contribution is 5.92. The lowest BCUT2D eigenvalue weighted by molar-refractivity contribution is 0.0486. The Kier molecular flexibility index (Phi) is 5.21. The minimum atomic E-state index is -0.801. The van der Waals surface area contributed by atoms with E-state index in [1.807, 2.05) is 30.3 Å². The van der Waals surface area contributed by atoms with Crippen molar-refractivity contribution in [2.75, 3.05) is 13.7 Å². The zero-order chi connectivity index (χ0) is 21.1. The summed E-state index contributed by atoms with van der Waals surface area (Å²) >= 11 is 0. The molecule has 4 aromatic rings. The molecule has 8 heteroatoms. The van der Waals surface area contributed by atoms with Crippen molar-refractivity contribution in [1.29, 1.82) is 0 Å². The predicted molar refractivity (Wildman–Crippen MR) is 109 cm³/mol. The second kappa shape index (κ2) is 8.12. The molecule has 0 bridgehead atoms. The van der Waals surface area contributed by atoms with E-state index in [0.29, 0.717) is 5.75 Å². The summed E-state index contributed by atoms with van der Waals surface area (Å²) in [5.74, 6) is -0.638. The van der Waals surface area contributed by atoms with Crippen LogP contribution in [0.5, 0.6) is 17.2 Å². The van der Waals surface area contributed by atoms with E-state index in [2.05, 4.69) is 5.10 Å². The highest BCUT2D eigenvalue weighted by atomic mass is 16.6. The molecule has 0 aliphatic heterocycles. The van der Waals surface area contributed by atoms with Gasteiger partial charge in [0.2, 0.25) is 11.2 Å². The second-order valence-electron chi connectivity index (χ2n) is 6.23. The van der Waals surface area contributed by atoms with Crippen molar-refractivity contribution in [2.24, 2.45) is 0 Å². The van der Waals surface area contributed by atoms with Crippen molar-refractivity contribution in [3.8, 4) is 22.9 Å². The maximum absolute atomic E-state index is 13.1. The first-order valence-corrected chi connectivity index (χ1v) is 9.20. The van der Waals surface area contributed by atoms with Gasteiger partial charge in [0.25, 0.3) is 5.76 Å². The molecule has 0 saturated carbocycles. The highest BCUT2D eigenvalue weighted by Crippen LogP contribution is 2.28. The number of rotatable bonds is 6. The summed E-state index contributed by atoms with van der Waals surface area (Å²) in [4.78, 5) is 25.5. The van der Waals surface area contributed by atoms with Crippen LogP contribution in [0.1, 0.15) is 17.5 Å². The number of carbonyl (C=O) groups is 1. The van der Waals surface area contributed by atoms with Crippen LogP contribution in [0.15, 0.2) is 70.1 Å². The number of ether oxygens (including phenoxy) is 3. The monoisotopic (exact) mass is 406 g/mol. The van der Waals surface area contributed by atoms with Gasteiger partial charge in [0.15, 0.2) is 5.75 Å². The Balaban J connectivity index is 1.80. The summed E-state index contributed by atoms with van der Waals surface area (Å²) in [7, 11) is 1.49. The normalized spacial score (nSPS) is 10.7. The quantitative estimate of drug-likeness (QED) is 0.448. The fraction of sp³-hybridized carbons (Fsp3) is 0.136. The summed E-state index contributed by atoms with van der Waals surface area (Å²) in [6, 6.07) is 14.1. The molecule has 152 valence electrons. The van der Waals surface area contributed by atoms with Crippen molar-refractivity contribution in [3.63, 3.8) is 0 Å². The number of nitrogens with zero attached hydrogens (tertiary/aromatic N) is 2. The minimum absolute atomic E-state index is 0.115. The molecule has 0 fully saturated rings. The number of methoxy groups -OCH3 is 1. The number of aromatic nitrogens is 2. The summed E-state index contributed by atoms with van der Waals surface area (Å²) in [6.07, 6.45) is 3.04. The third kappa shape index (κ3) is 3.62. The molecule has 0 N–H and O–H groups in total. The standard InChI is InChI=1S/C22H18N2O6/c1-3-28-22(26)21-20(19(25)17-10-9-15(27-2)11-18(17)30-21)29-16-12-23-24(13-16)14-7-5-4-6-8-14/h4-13H,3H2,1-2H3. The molecule has 0 saturated heterocycles. The maximum Gasteiger partial charge on any atom is 0.378 e. The topological polar surface area (TPSA) is 92.8 Å². The molecular formula is C22H18N2O6. The van der Waals surface area contributed by atoms with Gasteiger partial charge >= 0.3 is 5.97 Å². The Hall–Kier alpha value is -4.07. The Morgan fingerprint density at radius 1 is 1.13 bits per heavy atom. The van der Waals surface area contributed by atoms with Gasteiger partial charge in [0, 0.05) is 6.07 Å². The molecule has 0 spiro atoms. The number of para-hydroxylation sites is 1. The van der Waals surface area contributed by atoms with Crippen LogP contribution in [0.3, 0.4) is 0 Å². The van der Waals surface area contributed by atoms with E-state index < -0.39 is 11.4 Å². The van der Waals surface area contributed by atoms with Crippen molar-refractivity contribution in [1.82, 2.24) is 9.78 Å². The SMILES string of the molecule is CCOC(=O)c1oc2cc(OC)ccc2c(=O)c1Oc1cnn(-c2ccccc2)c1. The molecular weight excluding hydrogens is 388 g/mol. The fourth-order valence-electron chi connectivity index (χ4n) is 2.91. The van der Waals surface area contributed by atoms with Crippen molar-refractivity contribution >= 4 is 16.9 Å². The molecule has 2 heterocycles. The number of fused-ring (bicyclic) bond motifs is 1. The molecule has 30 heavy (non-hydrogen) atoms. The number of hydrogen-bond donors (Lipinski definition) is 0. The number of esters is 1. The summed E-state index contributed by atoms with van der Waals surface area (Å²) < 4.78 is 23.2. The predicted octanol–water partition coefficient (Wildman–Crippen LogP) is 3.96. The lowest BCUT2D eigenvalue weighted by Crippen LogP contribution is -2.14. The summed E-state index contributed by atoms with van der Waals surface area (Å²) in [5, 5.41) is 4.48. The van der Waals surface area contributed by atoms with Crippen LogP contribution in [-0.4, -0.2) is 29.5 Å². The fourth-order valence-corrected chi connectivity index (χ4v) is 2.91. The van der Waals surface area contributed by atoms with Crippen LogP contribution in [0.2, 0.25) is 0 Å². The average molecular weight is 406 g/mol. The first kappa shape index (κ1) is 19.3.